The van der Waals surface area contributed by atoms with Crippen LogP contribution in [0.3, 0.4) is 0 Å². The van der Waals surface area contributed by atoms with E-state index in [0.717, 1.165) is 17.1 Å². The van der Waals surface area contributed by atoms with Crippen molar-refractivity contribution in [1.82, 2.24) is 9.78 Å². The van der Waals surface area contributed by atoms with Crippen LogP contribution in [0, 0.1) is 24.0 Å². The number of anilines is 1. The SMILES string of the molecule is COc1ccc([N+](=O)[O-])cc1NC(=O)c1ccc(-n2nc(C)c(Cl)c2C)cc1. The van der Waals surface area contributed by atoms with Crippen LogP contribution in [-0.2, 0) is 0 Å². The summed E-state index contributed by atoms with van der Waals surface area (Å²) in [7, 11) is 1.42. The third-order valence-corrected chi connectivity index (χ3v) is 4.77. The van der Waals surface area contributed by atoms with Gasteiger partial charge in [-0.3, -0.25) is 14.9 Å². The average Bonchev–Trinajstić information content (AvgIpc) is 2.95. The van der Waals surface area contributed by atoms with E-state index >= 15 is 0 Å². The van der Waals surface area contributed by atoms with Gasteiger partial charge in [0.1, 0.15) is 5.75 Å². The van der Waals surface area contributed by atoms with E-state index in [1.807, 2.05) is 13.8 Å². The maximum Gasteiger partial charge on any atom is 0.271 e. The minimum Gasteiger partial charge on any atom is -0.495 e. The molecule has 0 aliphatic rings. The van der Waals surface area contributed by atoms with Crippen LogP contribution in [0.2, 0.25) is 5.02 Å². The van der Waals surface area contributed by atoms with Crippen molar-refractivity contribution in [1.29, 1.82) is 0 Å². The molecule has 1 amide bonds. The summed E-state index contributed by atoms with van der Waals surface area (Å²) in [6.07, 6.45) is 0. The number of amides is 1. The van der Waals surface area contributed by atoms with E-state index in [9.17, 15) is 14.9 Å². The molecule has 0 aliphatic heterocycles. The van der Waals surface area contributed by atoms with Crippen LogP contribution in [0.25, 0.3) is 5.69 Å². The number of nitrogens with one attached hydrogen (secondary N) is 1. The molecule has 0 radical (unpaired) electrons. The Bertz CT molecular complexity index is 1060. The van der Waals surface area contributed by atoms with Crippen molar-refractivity contribution in [2.24, 2.45) is 0 Å². The van der Waals surface area contributed by atoms with Crippen molar-refractivity contribution in [2.45, 2.75) is 13.8 Å². The summed E-state index contributed by atoms with van der Waals surface area (Å²) >= 11 is 6.18. The van der Waals surface area contributed by atoms with Gasteiger partial charge in [-0.2, -0.15) is 5.10 Å². The summed E-state index contributed by atoms with van der Waals surface area (Å²) in [4.78, 5) is 23.0. The van der Waals surface area contributed by atoms with E-state index in [4.69, 9.17) is 16.3 Å². The molecule has 9 heteroatoms. The lowest BCUT2D eigenvalue weighted by atomic mass is 10.1. The van der Waals surface area contributed by atoms with E-state index < -0.39 is 10.8 Å². The topological polar surface area (TPSA) is 99.3 Å². The summed E-state index contributed by atoms with van der Waals surface area (Å²) in [5, 5.41) is 18.6. The highest BCUT2D eigenvalue weighted by atomic mass is 35.5. The normalized spacial score (nSPS) is 10.6. The van der Waals surface area contributed by atoms with Crippen molar-refractivity contribution in [3.8, 4) is 11.4 Å². The monoisotopic (exact) mass is 400 g/mol. The maximum absolute atomic E-state index is 12.6. The number of rotatable bonds is 5. The number of benzene rings is 2. The summed E-state index contributed by atoms with van der Waals surface area (Å²) in [6, 6.07) is 10.8. The smallest absolute Gasteiger partial charge is 0.271 e. The molecule has 0 bridgehead atoms. The van der Waals surface area contributed by atoms with E-state index in [1.54, 1.807) is 28.9 Å². The van der Waals surface area contributed by atoms with Crippen molar-refractivity contribution in [3.63, 3.8) is 0 Å². The van der Waals surface area contributed by atoms with E-state index in [2.05, 4.69) is 10.4 Å². The van der Waals surface area contributed by atoms with Crippen molar-refractivity contribution < 1.29 is 14.5 Å². The number of ether oxygens (including phenoxy) is 1. The fraction of sp³-hybridized carbons (Fsp3) is 0.158. The number of carbonyl (C=O) groups excluding carboxylic acids is 1. The second kappa shape index (κ2) is 7.69. The number of nitro benzene ring substituents is 1. The Hall–Kier alpha value is -3.39. The van der Waals surface area contributed by atoms with Crippen molar-refractivity contribution >= 4 is 28.9 Å². The van der Waals surface area contributed by atoms with Crippen molar-refractivity contribution in [2.75, 3.05) is 12.4 Å². The number of carbonyl (C=O) groups is 1. The zero-order valence-corrected chi connectivity index (χ0v) is 16.1. The number of methoxy groups -OCH3 is 1. The van der Waals surface area contributed by atoms with Crippen LogP contribution < -0.4 is 10.1 Å². The number of hydrogen-bond donors (Lipinski definition) is 1. The third-order valence-electron chi connectivity index (χ3n) is 4.22. The van der Waals surface area contributed by atoms with Gasteiger partial charge in [0.15, 0.2) is 0 Å². The highest BCUT2D eigenvalue weighted by Crippen LogP contribution is 2.29. The third kappa shape index (κ3) is 3.67. The zero-order chi connectivity index (χ0) is 20.4. The number of nitro groups is 1. The molecule has 28 heavy (non-hydrogen) atoms. The first-order chi connectivity index (χ1) is 13.3. The van der Waals surface area contributed by atoms with Crippen LogP contribution >= 0.6 is 11.6 Å². The van der Waals surface area contributed by atoms with Crippen LogP contribution in [-0.4, -0.2) is 27.7 Å². The first kappa shape index (κ1) is 19.4. The Morgan fingerprint density at radius 1 is 1.21 bits per heavy atom. The van der Waals surface area contributed by atoms with Crippen LogP contribution in [0.4, 0.5) is 11.4 Å². The molecular formula is C19H17ClN4O4. The van der Waals surface area contributed by atoms with Crippen LogP contribution in [0.1, 0.15) is 21.7 Å². The predicted molar refractivity (Wildman–Crippen MR) is 106 cm³/mol. The van der Waals surface area contributed by atoms with Gasteiger partial charge in [-0.15, -0.1) is 0 Å². The molecule has 3 rings (SSSR count). The highest BCUT2D eigenvalue weighted by molar-refractivity contribution is 6.31. The first-order valence-corrected chi connectivity index (χ1v) is 8.65. The van der Waals surface area contributed by atoms with Crippen molar-refractivity contribution in [3.05, 3.63) is 74.6 Å². The lowest BCUT2D eigenvalue weighted by Crippen LogP contribution is -2.13. The lowest BCUT2D eigenvalue weighted by Gasteiger charge is -2.10. The molecule has 0 atom stereocenters. The largest absolute Gasteiger partial charge is 0.495 e. The van der Waals surface area contributed by atoms with Gasteiger partial charge in [-0.25, -0.2) is 4.68 Å². The van der Waals surface area contributed by atoms with Gasteiger partial charge in [0, 0.05) is 17.7 Å². The minimum atomic E-state index is -0.538. The Balaban J connectivity index is 1.85. The number of aromatic nitrogens is 2. The molecule has 144 valence electrons. The molecule has 0 unspecified atom stereocenters. The number of halogens is 1. The number of aryl methyl sites for hydroxylation is 1. The quantitative estimate of drug-likeness (QED) is 0.508. The maximum atomic E-state index is 12.6. The molecular weight excluding hydrogens is 384 g/mol. The molecule has 1 heterocycles. The fourth-order valence-corrected chi connectivity index (χ4v) is 2.85. The number of nitrogens with zero attached hydrogens (tertiary/aromatic N) is 3. The predicted octanol–water partition coefficient (Wildman–Crippen LogP) is 4.31. The fourth-order valence-electron chi connectivity index (χ4n) is 2.73. The van der Waals surface area contributed by atoms with Gasteiger partial charge in [0.2, 0.25) is 0 Å². The molecule has 0 saturated heterocycles. The standard InChI is InChI=1S/C19H17ClN4O4/c1-11-18(20)12(2)23(22-11)14-6-4-13(5-7-14)19(25)21-16-10-15(24(26)27)8-9-17(16)28-3/h4-10H,1-3H3,(H,21,25). The highest BCUT2D eigenvalue weighted by Gasteiger charge is 2.15. The van der Waals surface area contributed by atoms with Gasteiger partial charge in [0.25, 0.3) is 11.6 Å². The van der Waals surface area contributed by atoms with E-state index in [0.29, 0.717) is 16.3 Å². The molecule has 8 nitrogen and oxygen atoms in total. The second-order valence-corrected chi connectivity index (χ2v) is 6.42. The van der Waals surface area contributed by atoms with Gasteiger partial charge >= 0.3 is 0 Å². The van der Waals surface area contributed by atoms with Gasteiger partial charge in [0.05, 0.1) is 39.8 Å². The van der Waals surface area contributed by atoms with Crippen LogP contribution in [0.15, 0.2) is 42.5 Å². The molecule has 1 N–H and O–H groups in total. The molecule has 1 aromatic heterocycles. The van der Waals surface area contributed by atoms with Gasteiger partial charge in [-0.05, 0) is 44.2 Å². The molecule has 3 aromatic rings. The molecule has 0 aliphatic carbocycles. The number of non-ortho nitro benzene ring substituents is 1. The minimum absolute atomic E-state index is 0.146. The van der Waals surface area contributed by atoms with Gasteiger partial charge in [-0.1, -0.05) is 11.6 Å². The number of hydrogen-bond acceptors (Lipinski definition) is 5. The molecule has 0 fully saturated rings. The van der Waals surface area contributed by atoms with Gasteiger partial charge < -0.3 is 10.1 Å². The molecule has 0 saturated carbocycles. The summed E-state index contributed by atoms with van der Waals surface area (Å²) < 4.78 is 6.86. The summed E-state index contributed by atoms with van der Waals surface area (Å²) in [5.74, 6) is -0.0930. The van der Waals surface area contributed by atoms with Crippen LogP contribution in [0.5, 0.6) is 5.75 Å². The Labute approximate surface area is 165 Å². The average molecular weight is 401 g/mol. The summed E-state index contributed by atoms with van der Waals surface area (Å²) in [6.45, 7) is 3.68. The zero-order valence-electron chi connectivity index (χ0n) is 15.4. The molecule has 2 aromatic carbocycles. The second-order valence-electron chi connectivity index (χ2n) is 6.04. The lowest BCUT2D eigenvalue weighted by molar-refractivity contribution is -0.384. The summed E-state index contributed by atoms with van der Waals surface area (Å²) in [5.41, 5.74) is 2.74. The Morgan fingerprint density at radius 3 is 2.43 bits per heavy atom. The first-order valence-electron chi connectivity index (χ1n) is 8.27. The van der Waals surface area contributed by atoms with E-state index in [-0.39, 0.29) is 11.4 Å². The Kier molecular flexibility index (Phi) is 5.32. The molecule has 0 spiro atoms. The Morgan fingerprint density at radius 2 is 1.89 bits per heavy atom. The van der Waals surface area contributed by atoms with E-state index in [1.165, 1.54) is 25.3 Å².